The number of para-hydroxylation sites is 2. The third-order valence-electron chi connectivity index (χ3n) is 5.83. The molecule has 2 aromatic heterocycles. The molecule has 206 valence electrons. The predicted octanol–water partition coefficient (Wildman–Crippen LogP) is -4.07. The Bertz CT molecular complexity index is 1200. The van der Waals surface area contributed by atoms with E-state index in [1.807, 2.05) is 0 Å². The second kappa shape index (κ2) is 14.6. The Hall–Kier alpha value is -2.48. The Morgan fingerprint density at radius 1 is 0.474 bits per heavy atom. The highest BCUT2D eigenvalue weighted by Gasteiger charge is 2.13. The van der Waals surface area contributed by atoms with Crippen molar-refractivity contribution in [3.05, 3.63) is 84.2 Å². The molecule has 0 amide bonds. The van der Waals surface area contributed by atoms with Gasteiger partial charge in [0, 0.05) is 61.7 Å². The van der Waals surface area contributed by atoms with Gasteiger partial charge in [0.15, 0.2) is 11.4 Å². The van der Waals surface area contributed by atoms with E-state index in [2.05, 4.69) is 95.8 Å². The minimum absolute atomic E-state index is 1.10. The van der Waals surface area contributed by atoms with Gasteiger partial charge in [-0.2, -0.15) is 9.13 Å². The highest BCUT2D eigenvalue weighted by Crippen LogP contribution is 2.13. The van der Waals surface area contributed by atoms with Crippen molar-refractivity contribution in [1.29, 1.82) is 0 Å². The van der Waals surface area contributed by atoms with Gasteiger partial charge >= 0.3 is 0 Å². The standard InChI is InChI=1S/C26H30N2.2ClHO4/c1-21-15-17-23-11-5-7-13-25(23)27(21)19-9-3-4-10-20-28-22(2)16-18-24-12-6-8-14-26(24)28;2*2-1(3,4)5/h5-8,11-18H,3-4,9-10,19-20H2,1-2H3;2*(H,2,3,4,5)/q+2;;/p-2. The van der Waals surface area contributed by atoms with E-state index in [0.29, 0.717) is 0 Å². The largest absolute Gasteiger partial charge is 0.222 e. The number of aromatic nitrogens is 2. The maximum atomic E-state index is 8.49. The smallest absolute Gasteiger partial charge is 0.212 e. The maximum Gasteiger partial charge on any atom is 0.212 e. The summed E-state index contributed by atoms with van der Waals surface area (Å²) in [6, 6.07) is 26.3. The molecule has 0 fully saturated rings. The zero-order valence-corrected chi connectivity index (χ0v) is 22.6. The summed E-state index contributed by atoms with van der Waals surface area (Å²) in [6.07, 6.45) is 5.03. The third-order valence-corrected chi connectivity index (χ3v) is 5.83. The number of aryl methyl sites for hydroxylation is 4. The Labute approximate surface area is 225 Å². The van der Waals surface area contributed by atoms with Crippen LogP contribution in [-0.2, 0) is 13.1 Å². The molecule has 0 saturated heterocycles. The zero-order chi connectivity index (χ0) is 28.3. The minimum atomic E-state index is -4.94. The fourth-order valence-electron chi connectivity index (χ4n) is 4.22. The quantitative estimate of drug-likeness (QED) is 0.158. The number of pyridine rings is 2. The Balaban J connectivity index is 0.000000435. The Morgan fingerprint density at radius 3 is 1.13 bits per heavy atom. The first kappa shape index (κ1) is 31.7. The molecule has 4 aromatic rings. The summed E-state index contributed by atoms with van der Waals surface area (Å²) in [5, 5.41) is 2.66. The number of unbranched alkanes of at least 4 members (excludes halogenated alkanes) is 3. The average molecular weight is 569 g/mol. The van der Waals surface area contributed by atoms with Crippen molar-refractivity contribution in [3.8, 4) is 0 Å². The molecule has 0 spiro atoms. The van der Waals surface area contributed by atoms with Crippen molar-refractivity contribution in [2.45, 2.75) is 52.6 Å². The summed E-state index contributed by atoms with van der Waals surface area (Å²) in [7, 11) is -9.89. The van der Waals surface area contributed by atoms with Crippen LogP contribution >= 0.6 is 0 Å². The van der Waals surface area contributed by atoms with E-state index < -0.39 is 20.5 Å². The third kappa shape index (κ3) is 11.9. The van der Waals surface area contributed by atoms with Gasteiger partial charge in [0.25, 0.3) is 0 Å². The minimum Gasteiger partial charge on any atom is -0.222 e. The number of benzene rings is 2. The van der Waals surface area contributed by atoms with Crippen molar-refractivity contribution >= 4 is 21.8 Å². The van der Waals surface area contributed by atoms with E-state index in [1.165, 1.54) is 58.9 Å². The van der Waals surface area contributed by atoms with E-state index in [4.69, 9.17) is 37.3 Å². The van der Waals surface area contributed by atoms with Gasteiger partial charge in [0.1, 0.15) is 13.1 Å². The van der Waals surface area contributed by atoms with Crippen LogP contribution < -0.4 is 46.4 Å². The first-order valence-electron chi connectivity index (χ1n) is 11.7. The lowest BCUT2D eigenvalue weighted by Gasteiger charge is -2.17. The Morgan fingerprint density at radius 2 is 0.789 bits per heavy atom. The van der Waals surface area contributed by atoms with E-state index in [-0.39, 0.29) is 0 Å². The van der Waals surface area contributed by atoms with E-state index in [9.17, 15) is 0 Å². The topological polar surface area (TPSA) is 192 Å². The fraction of sp³-hybridized carbons (Fsp3) is 0.308. The van der Waals surface area contributed by atoms with Crippen molar-refractivity contribution in [2.75, 3.05) is 0 Å². The normalized spacial score (nSPS) is 11.5. The number of fused-ring (bicyclic) bond motifs is 2. The molecule has 0 aliphatic heterocycles. The van der Waals surface area contributed by atoms with Gasteiger partial charge in [0.05, 0.1) is 0 Å². The molecular weight excluding hydrogens is 539 g/mol. The van der Waals surface area contributed by atoms with E-state index in [1.54, 1.807) is 0 Å². The predicted molar refractivity (Wildman–Crippen MR) is 116 cm³/mol. The molecule has 0 unspecified atom stereocenters. The first-order chi connectivity index (χ1) is 17.7. The summed E-state index contributed by atoms with van der Waals surface area (Å²) in [5.74, 6) is 0. The summed E-state index contributed by atoms with van der Waals surface area (Å²) in [4.78, 5) is 0. The molecule has 0 saturated carbocycles. The molecule has 38 heavy (non-hydrogen) atoms. The van der Waals surface area contributed by atoms with E-state index >= 15 is 0 Å². The van der Waals surface area contributed by atoms with E-state index in [0.717, 1.165) is 13.1 Å². The molecule has 0 bridgehead atoms. The molecule has 10 nitrogen and oxygen atoms in total. The van der Waals surface area contributed by atoms with Gasteiger partial charge in [-0.3, -0.25) is 0 Å². The fourth-order valence-corrected chi connectivity index (χ4v) is 4.22. The van der Waals surface area contributed by atoms with Crippen LogP contribution in [0.5, 0.6) is 0 Å². The lowest BCUT2D eigenvalue weighted by atomic mass is 10.1. The summed E-state index contributed by atoms with van der Waals surface area (Å²) < 4.78 is 72.9. The maximum absolute atomic E-state index is 8.49. The molecule has 12 heteroatoms. The number of hydrogen-bond acceptors (Lipinski definition) is 8. The average Bonchev–Trinajstić information content (AvgIpc) is 2.81. The zero-order valence-electron chi connectivity index (χ0n) is 21.1. The van der Waals surface area contributed by atoms with Crippen molar-refractivity contribution in [3.63, 3.8) is 0 Å². The SMILES string of the molecule is Cc1ccc2ccccc2[n+]1CCCCCC[n+]1c(C)ccc2ccccc21.[O-][Cl+3]([O-])([O-])[O-].[O-][Cl+3]([O-])([O-])[O-]. The van der Waals surface area contributed by atoms with Crippen LogP contribution in [0.3, 0.4) is 0 Å². The van der Waals surface area contributed by atoms with Gasteiger partial charge in [-0.15, -0.1) is 20.5 Å². The van der Waals surface area contributed by atoms with Gasteiger partial charge in [-0.25, -0.2) is 37.3 Å². The van der Waals surface area contributed by atoms with Crippen LogP contribution in [0.1, 0.15) is 37.1 Å². The van der Waals surface area contributed by atoms with Crippen LogP contribution in [0.25, 0.3) is 21.8 Å². The van der Waals surface area contributed by atoms with Crippen LogP contribution in [0, 0.1) is 34.3 Å². The van der Waals surface area contributed by atoms with Crippen LogP contribution in [0.4, 0.5) is 0 Å². The molecule has 0 atom stereocenters. The summed E-state index contributed by atoms with van der Waals surface area (Å²) in [5.41, 5.74) is 5.40. The number of halogens is 2. The molecule has 2 aromatic carbocycles. The van der Waals surface area contributed by atoms with Crippen LogP contribution in [0.2, 0.25) is 0 Å². The monoisotopic (exact) mass is 568 g/mol. The number of hydrogen-bond donors (Lipinski definition) is 0. The van der Waals surface area contributed by atoms with Crippen molar-refractivity contribution in [2.24, 2.45) is 0 Å². The first-order valence-corrected chi connectivity index (χ1v) is 14.2. The summed E-state index contributed by atoms with van der Waals surface area (Å²) in [6.45, 7) is 6.64. The number of rotatable bonds is 7. The molecule has 0 aliphatic carbocycles. The second-order valence-electron chi connectivity index (χ2n) is 8.54. The lowest BCUT2D eigenvalue weighted by molar-refractivity contribution is -2.00. The second-order valence-corrected chi connectivity index (χ2v) is 10.1. The van der Waals surface area contributed by atoms with Gasteiger partial charge in [-0.1, -0.05) is 24.3 Å². The Kier molecular flexibility index (Phi) is 12.2. The van der Waals surface area contributed by atoms with Crippen molar-refractivity contribution < 1.29 is 66.9 Å². The molecule has 0 radical (unpaired) electrons. The molecule has 0 aliphatic rings. The molecule has 2 heterocycles. The van der Waals surface area contributed by atoms with Crippen molar-refractivity contribution in [1.82, 2.24) is 0 Å². The van der Waals surface area contributed by atoms with Gasteiger partial charge in [-0.05, 0) is 37.1 Å². The molecular formula is C26H30Cl2N2O8. The van der Waals surface area contributed by atoms with Gasteiger partial charge in [0.2, 0.25) is 11.0 Å². The highest BCUT2D eigenvalue weighted by molar-refractivity contribution is 5.75. The summed E-state index contributed by atoms with van der Waals surface area (Å²) >= 11 is 0. The molecule has 0 N–H and O–H groups in total. The lowest BCUT2D eigenvalue weighted by Crippen LogP contribution is -2.68. The number of nitrogens with zero attached hydrogens (tertiary/aromatic N) is 2. The molecule has 4 rings (SSSR count). The highest BCUT2D eigenvalue weighted by atomic mass is 35.7. The van der Waals surface area contributed by atoms with Gasteiger partial charge < -0.3 is 0 Å². The van der Waals surface area contributed by atoms with Crippen LogP contribution in [-0.4, -0.2) is 0 Å². The van der Waals surface area contributed by atoms with Crippen LogP contribution in [0.15, 0.2) is 72.8 Å².